The third-order valence-corrected chi connectivity index (χ3v) is 8.23. The molecule has 1 aromatic heterocycles. The summed E-state index contributed by atoms with van der Waals surface area (Å²) in [5.41, 5.74) is 0.335. The van der Waals surface area contributed by atoms with Gasteiger partial charge in [-0.1, -0.05) is 17.7 Å². The topological polar surface area (TPSA) is 92.6 Å². The van der Waals surface area contributed by atoms with Gasteiger partial charge in [0.2, 0.25) is 5.95 Å². The van der Waals surface area contributed by atoms with Gasteiger partial charge in [-0.05, 0) is 49.1 Å². The van der Waals surface area contributed by atoms with Crippen molar-refractivity contribution in [1.29, 1.82) is 0 Å². The number of rotatable bonds is 9. The minimum absolute atomic E-state index is 0.113. The first-order valence-corrected chi connectivity index (χ1v) is 12.8. The molecule has 4 rings (SSSR count). The van der Waals surface area contributed by atoms with Crippen LogP contribution in [-0.4, -0.2) is 55.5 Å². The molecule has 1 aromatic carbocycles. The minimum Gasteiger partial charge on any atom is -0.395 e. The Hall–Kier alpha value is -1.81. The summed E-state index contributed by atoms with van der Waals surface area (Å²) < 4.78 is 43.9. The summed E-state index contributed by atoms with van der Waals surface area (Å²) in [7, 11) is -3.66. The van der Waals surface area contributed by atoms with Gasteiger partial charge in [0.25, 0.3) is 0 Å². The van der Waals surface area contributed by atoms with Crippen LogP contribution in [0.15, 0.2) is 35.5 Å². The summed E-state index contributed by atoms with van der Waals surface area (Å²) in [6, 6.07) is 3.81. The van der Waals surface area contributed by atoms with Crippen LogP contribution in [0.3, 0.4) is 0 Å². The molecule has 1 N–H and O–H groups in total. The Morgan fingerprint density at radius 2 is 1.94 bits per heavy atom. The molecule has 2 aliphatic rings. The maximum atomic E-state index is 14.3. The molecular formula is C22H27ClFN3O4S. The van der Waals surface area contributed by atoms with E-state index in [9.17, 15) is 12.8 Å². The summed E-state index contributed by atoms with van der Waals surface area (Å²) in [5.74, 6) is 1.48. The van der Waals surface area contributed by atoms with E-state index < -0.39 is 28.0 Å². The Kier molecular flexibility index (Phi) is 7.29. The first-order valence-electron chi connectivity index (χ1n) is 10.8. The Bertz CT molecular complexity index is 1030. The quantitative estimate of drug-likeness (QED) is 0.585. The average Bonchev–Trinajstić information content (AvgIpc) is 3.55. The number of piperidine rings is 1. The molecular weight excluding hydrogens is 457 g/mol. The second-order valence-corrected chi connectivity index (χ2v) is 11.0. The van der Waals surface area contributed by atoms with E-state index in [0.29, 0.717) is 34.9 Å². The van der Waals surface area contributed by atoms with Crippen molar-refractivity contribution in [2.75, 3.05) is 37.0 Å². The van der Waals surface area contributed by atoms with Gasteiger partial charge in [0.15, 0.2) is 9.84 Å². The highest BCUT2D eigenvalue weighted by Gasteiger charge is 2.43. The van der Waals surface area contributed by atoms with E-state index in [1.165, 1.54) is 12.1 Å². The fourth-order valence-corrected chi connectivity index (χ4v) is 5.57. The first kappa shape index (κ1) is 23.4. The molecule has 1 saturated carbocycles. The second-order valence-electron chi connectivity index (χ2n) is 8.50. The summed E-state index contributed by atoms with van der Waals surface area (Å²) >= 11 is 5.86. The molecule has 0 amide bonds. The van der Waals surface area contributed by atoms with Crippen molar-refractivity contribution in [3.8, 4) is 0 Å². The third-order valence-electron chi connectivity index (χ3n) is 6.35. The van der Waals surface area contributed by atoms with Crippen LogP contribution in [0.5, 0.6) is 0 Å². The minimum atomic E-state index is -3.66. The van der Waals surface area contributed by atoms with Crippen LogP contribution in [0.4, 0.5) is 10.3 Å². The molecule has 32 heavy (non-hydrogen) atoms. The number of benzene rings is 1. The molecule has 0 unspecified atom stereocenters. The molecule has 0 bridgehead atoms. The van der Waals surface area contributed by atoms with Crippen LogP contribution in [-0.2, 0) is 21.2 Å². The van der Waals surface area contributed by atoms with Crippen LogP contribution in [0.2, 0.25) is 5.02 Å². The monoisotopic (exact) mass is 483 g/mol. The van der Waals surface area contributed by atoms with Gasteiger partial charge in [-0.15, -0.1) is 0 Å². The van der Waals surface area contributed by atoms with E-state index in [2.05, 4.69) is 14.9 Å². The lowest BCUT2D eigenvalue weighted by Gasteiger charge is -2.32. The SMILES string of the molecule is O=S(=O)(CCO)c1ccc(COC[C@@H]2C[C@@H]2C2CCN(c3ncc(Cl)cn3)CC2)c(F)c1. The summed E-state index contributed by atoms with van der Waals surface area (Å²) in [5, 5.41) is 9.38. The average molecular weight is 484 g/mol. The van der Waals surface area contributed by atoms with E-state index in [1.54, 1.807) is 12.4 Å². The number of halogens is 2. The molecule has 1 aliphatic heterocycles. The lowest BCUT2D eigenvalue weighted by atomic mass is 9.91. The van der Waals surface area contributed by atoms with Crippen LogP contribution in [0.1, 0.15) is 24.8 Å². The molecule has 1 aliphatic carbocycles. The Labute approximate surface area is 192 Å². The summed E-state index contributed by atoms with van der Waals surface area (Å²) in [6.07, 6.45) is 6.55. The standard InChI is InChI=1S/C22H27ClFN3O4S/c23-18-11-25-22(26-12-18)27-5-3-15(4-6-27)20-9-17(20)14-31-13-16-1-2-19(10-21(16)24)32(29,30)8-7-28/h1-2,10-12,15,17,20,28H,3-9,13-14H2/t17-,20+/m0/s1. The van der Waals surface area contributed by atoms with Crippen molar-refractivity contribution >= 4 is 27.4 Å². The first-order chi connectivity index (χ1) is 15.4. The maximum Gasteiger partial charge on any atom is 0.225 e. The zero-order valence-electron chi connectivity index (χ0n) is 17.7. The Morgan fingerprint density at radius 1 is 1.22 bits per heavy atom. The summed E-state index contributed by atoms with van der Waals surface area (Å²) in [6.45, 7) is 2.04. The van der Waals surface area contributed by atoms with Gasteiger partial charge in [-0.3, -0.25) is 0 Å². The van der Waals surface area contributed by atoms with Gasteiger partial charge in [0.05, 0.1) is 47.9 Å². The van der Waals surface area contributed by atoms with Crippen LogP contribution < -0.4 is 4.90 Å². The van der Waals surface area contributed by atoms with Crippen molar-refractivity contribution in [2.24, 2.45) is 17.8 Å². The highest BCUT2D eigenvalue weighted by atomic mass is 35.5. The number of aliphatic hydroxyl groups excluding tert-OH is 1. The number of ether oxygens (including phenoxy) is 1. The van der Waals surface area contributed by atoms with E-state index in [-0.39, 0.29) is 11.5 Å². The number of sulfone groups is 1. The molecule has 0 spiro atoms. The molecule has 2 atom stereocenters. The fraction of sp³-hybridized carbons (Fsp3) is 0.545. The zero-order valence-corrected chi connectivity index (χ0v) is 19.2. The largest absolute Gasteiger partial charge is 0.395 e. The molecule has 7 nitrogen and oxygen atoms in total. The van der Waals surface area contributed by atoms with Crippen LogP contribution in [0, 0.1) is 23.6 Å². The highest BCUT2D eigenvalue weighted by Crippen LogP contribution is 2.48. The number of hydrogen-bond acceptors (Lipinski definition) is 7. The van der Waals surface area contributed by atoms with E-state index in [0.717, 1.165) is 44.4 Å². The number of aliphatic hydroxyl groups is 1. The van der Waals surface area contributed by atoms with Crippen LogP contribution >= 0.6 is 11.6 Å². The van der Waals surface area contributed by atoms with E-state index >= 15 is 0 Å². The Morgan fingerprint density at radius 3 is 2.59 bits per heavy atom. The number of anilines is 1. The molecule has 1 saturated heterocycles. The number of hydrogen-bond donors (Lipinski definition) is 1. The predicted molar refractivity (Wildman–Crippen MR) is 119 cm³/mol. The van der Waals surface area contributed by atoms with Gasteiger partial charge in [0, 0.05) is 18.7 Å². The predicted octanol–water partition coefficient (Wildman–Crippen LogP) is 3.10. The molecule has 2 aromatic rings. The number of nitrogens with zero attached hydrogens (tertiary/aromatic N) is 3. The smallest absolute Gasteiger partial charge is 0.225 e. The third kappa shape index (κ3) is 5.57. The van der Waals surface area contributed by atoms with Crippen molar-refractivity contribution in [3.05, 3.63) is 47.0 Å². The van der Waals surface area contributed by atoms with Gasteiger partial charge >= 0.3 is 0 Å². The lowest BCUT2D eigenvalue weighted by molar-refractivity contribution is 0.102. The molecule has 174 valence electrons. The molecule has 10 heteroatoms. The molecule has 0 radical (unpaired) electrons. The summed E-state index contributed by atoms with van der Waals surface area (Å²) in [4.78, 5) is 10.7. The Balaban J connectivity index is 1.20. The van der Waals surface area contributed by atoms with Gasteiger partial charge in [-0.2, -0.15) is 0 Å². The van der Waals surface area contributed by atoms with Gasteiger partial charge in [-0.25, -0.2) is 22.8 Å². The highest BCUT2D eigenvalue weighted by molar-refractivity contribution is 7.91. The van der Waals surface area contributed by atoms with Crippen LogP contribution in [0.25, 0.3) is 0 Å². The fourth-order valence-electron chi connectivity index (χ4n) is 4.43. The maximum absolute atomic E-state index is 14.3. The van der Waals surface area contributed by atoms with E-state index in [1.807, 2.05) is 0 Å². The van der Waals surface area contributed by atoms with Crippen molar-refractivity contribution < 1.29 is 22.7 Å². The van der Waals surface area contributed by atoms with Crippen molar-refractivity contribution in [3.63, 3.8) is 0 Å². The van der Waals surface area contributed by atoms with Gasteiger partial charge < -0.3 is 14.7 Å². The lowest BCUT2D eigenvalue weighted by Crippen LogP contribution is -2.35. The second kappa shape index (κ2) is 9.99. The van der Waals surface area contributed by atoms with Crippen molar-refractivity contribution in [2.45, 2.75) is 30.8 Å². The van der Waals surface area contributed by atoms with E-state index in [4.69, 9.17) is 21.4 Å². The normalized spacial score (nSPS) is 21.7. The van der Waals surface area contributed by atoms with Crippen molar-refractivity contribution in [1.82, 2.24) is 9.97 Å². The molecule has 2 fully saturated rings. The molecule has 2 heterocycles. The van der Waals surface area contributed by atoms with Gasteiger partial charge in [0.1, 0.15) is 5.82 Å². The number of aromatic nitrogens is 2. The zero-order chi connectivity index (χ0) is 22.7.